The van der Waals surface area contributed by atoms with Gasteiger partial charge in [0.1, 0.15) is 11.6 Å². The lowest BCUT2D eigenvalue weighted by Crippen LogP contribution is -2.39. The lowest BCUT2D eigenvalue weighted by atomic mass is 9.93. The second-order valence-electron chi connectivity index (χ2n) is 7.05. The zero-order chi connectivity index (χ0) is 20.4. The van der Waals surface area contributed by atoms with Crippen molar-refractivity contribution in [2.45, 2.75) is 25.3 Å². The Balaban J connectivity index is 1.76. The number of piperidine rings is 1. The standard InChI is InChI=1S/C22H20F2N4O/c23-16-9-7-14(8-10-16)21(29)28-11-2-1-6-19(28)20-18(13-26-22(25)27-20)15-4-3-5-17(24)12-15/h3-5,7-10,12-13,19H,1-2,6,11H2,(H2,25,26,27). The minimum atomic E-state index is -0.395. The average molecular weight is 394 g/mol. The van der Waals surface area contributed by atoms with Crippen molar-refractivity contribution in [1.82, 2.24) is 14.9 Å². The van der Waals surface area contributed by atoms with Gasteiger partial charge < -0.3 is 10.6 Å². The number of likely N-dealkylation sites (tertiary alicyclic amines) is 1. The van der Waals surface area contributed by atoms with Crippen molar-refractivity contribution >= 4 is 11.9 Å². The summed E-state index contributed by atoms with van der Waals surface area (Å²) in [5, 5.41) is 0. The van der Waals surface area contributed by atoms with E-state index in [9.17, 15) is 13.6 Å². The third-order valence-electron chi connectivity index (χ3n) is 5.14. The fourth-order valence-electron chi connectivity index (χ4n) is 3.76. The molecule has 1 atom stereocenters. The quantitative estimate of drug-likeness (QED) is 0.716. The topological polar surface area (TPSA) is 72.1 Å². The molecule has 1 amide bonds. The zero-order valence-electron chi connectivity index (χ0n) is 15.7. The molecular formula is C22H20F2N4O. The van der Waals surface area contributed by atoms with Gasteiger partial charge in [0.05, 0.1) is 11.7 Å². The van der Waals surface area contributed by atoms with E-state index in [1.54, 1.807) is 23.2 Å². The number of rotatable bonds is 3. The Hall–Kier alpha value is -3.35. The summed E-state index contributed by atoms with van der Waals surface area (Å²) in [4.78, 5) is 23.4. The van der Waals surface area contributed by atoms with Gasteiger partial charge in [-0.2, -0.15) is 0 Å². The van der Waals surface area contributed by atoms with Gasteiger partial charge in [-0.05, 0) is 61.2 Å². The molecule has 29 heavy (non-hydrogen) atoms. The van der Waals surface area contributed by atoms with E-state index in [2.05, 4.69) is 9.97 Å². The molecule has 1 aliphatic rings. The highest BCUT2D eigenvalue weighted by Crippen LogP contribution is 2.36. The van der Waals surface area contributed by atoms with Crippen LogP contribution < -0.4 is 5.73 Å². The number of amides is 1. The van der Waals surface area contributed by atoms with Crippen molar-refractivity contribution in [1.29, 1.82) is 0 Å². The number of carbonyl (C=O) groups excluding carboxylic acids is 1. The molecule has 3 aromatic rings. The molecule has 7 heteroatoms. The van der Waals surface area contributed by atoms with E-state index in [-0.39, 0.29) is 23.7 Å². The van der Waals surface area contributed by atoms with Crippen LogP contribution in [0.5, 0.6) is 0 Å². The number of carbonyl (C=O) groups is 1. The molecule has 2 heterocycles. The maximum absolute atomic E-state index is 13.8. The smallest absolute Gasteiger partial charge is 0.254 e. The van der Waals surface area contributed by atoms with Crippen LogP contribution in [0.2, 0.25) is 0 Å². The van der Waals surface area contributed by atoms with Gasteiger partial charge in [0.25, 0.3) is 5.91 Å². The van der Waals surface area contributed by atoms with E-state index < -0.39 is 5.82 Å². The van der Waals surface area contributed by atoms with Crippen LogP contribution in [0.3, 0.4) is 0 Å². The summed E-state index contributed by atoms with van der Waals surface area (Å²) in [6.07, 6.45) is 4.05. The predicted octanol–water partition coefficient (Wildman–Crippen LogP) is 4.37. The van der Waals surface area contributed by atoms with Crippen LogP contribution in [-0.4, -0.2) is 27.3 Å². The van der Waals surface area contributed by atoms with Gasteiger partial charge in [0.2, 0.25) is 5.95 Å². The summed E-state index contributed by atoms with van der Waals surface area (Å²) in [7, 11) is 0. The third kappa shape index (κ3) is 3.94. The molecule has 1 aromatic heterocycles. The van der Waals surface area contributed by atoms with Gasteiger partial charge in [0, 0.05) is 23.9 Å². The lowest BCUT2D eigenvalue weighted by Gasteiger charge is -2.36. The minimum absolute atomic E-state index is 0.0971. The van der Waals surface area contributed by atoms with Crippen molar-refractivity contribution < 1.29 is 13.6 Å². The Morgan fingerprint density at radius 2 is 1.86 bits per heavy atom. The van der Waals surface area contributed by atoms with Gasteiger partial charge in [-0.1, -0.05) is 12.1 Å². The van der Waals surface area contributed by atoms with E-state index in [4.69, 9.17) is 5.73 Å². The van der Waals surface area contributed by atoms with Gasteiger partial charge in [-0.3, -0.25) is 4.79 Å². The molecular weight excluding hydrogens is 374 g/mol. The normalized spacial score (nSPS) is 16.6. The molecule has 1 unspecified atom stereocenters. The highest BCUT2D eigenvalue weighted by atomic mass is 19.1. The number of aromatic nitrogens is 2. The molecule has 1 saturated heterocycles. The van der Waals surface area contributed by atoms with Crippen molar-refractivity contribution in [3.63, 3.8) is 0 Å². The summed E-state index contributed by atoms with van der Waals surface area (Å²) in [5.74, 6) is -0.862. The number of hydrogen-bond acceptors (Lipinski definition) is 4. The number of benzene rings is 2. The predicted molar refractivity (Wildman–Crippen MR) is 106 cm³/mol. The van der Waals surface area contributed by atoms with Crippen molar-refractivity contribution in [2.24, 2.45) is 0 Å². The van der Waals surface area contributed by atoms with Crippen molar-refractivity contribution in [2.75, 3.05) is 12.3 Å². The Labute approximate surface area is 167 Å². The number of nitrogens with two attached hydrogens (primary N) is 1. The molecule has 0 aliphatic carbocycles. The number of anilines is 1. The highest BCUT2D eigenvalue weighted by molar-refractivity contribution is 5.94. The first kappa shape index (κ1) is 19.0. The number of halogens is 2. The van der Waals surface area contributed by atoms with Gasteiger partial charge in [0.15, 0.2) is 0 Å². The molecule has 2 aromatic carbocycles. The summed E-state index contributed by atoms with van der Waals surface area (Å²) in [6.45, 7) is 0.549. The maximum Gasteiger partial charge on any atom is 0.254 e. The van der Waals surface area contributed by atoms with E-state index in [0.29, 0.717) is 35.3 Å². The highest BCUT2D eigenvalue weighted by Gasteiger charge is 2.32. The molecule has 0 radical (unpaired) electrons. The Bertz CT molecular complexity index is 1040. The van der Waals surface area contributed by atoms with Crippen LogP contribution in [-0.2, 0) is 0 Å². The van der Waals surface area contributed by atoms with Crippen LogP contribution >= 0.6 is 0 Å². The molecule has 4 rings (SSSR count). The van der Waals surface area contributed by atoms with Crippen LogP contribution in [0, 0.1) is 11.6 Å². The second-order valence-corrected chi connectivity index (χ2v) is 7.05. The first-order valence-electron chi connectivity index (χ1n) is 9.48. The molecule has 2 N–H and O–H groups in total. The van der Waals surface area contributed by atoms with Gasteiger partial charge in [-0.15, -0.1) is 0 Å². The van der Waals surface area contributed by atoms with Gasteiger partial charge in [-0.25, -0.2) is 18.7 Å². The summed E-state index contributed by atoms with van der Waals surface area (Å²) in [5.41, 5.74) is 8.12. The maximum atomic E-state index is 13.8. The SMILES string of the molecule is Nc1ncc(-c2cccc(F)c2)c(C2CCCCN2C(=O)c2ccc(F)cc2)n1. The van der Waals surface area contributed by atoms with Crippen molar-refractivity contribution in [3.05, 3.63) is 77.6 Å². The second kappa shape index (κ2) is 7.95. The first-order valence-corrected chi connectivity index (χ1v) is 9.48. The minimum Gasteiger partial charge on any atom is -0.368 e. The summed E-state index contributed by atoms with van der Waals surface area (Å²) in [6, 6.07) is 11.3. The molecule has 5 nitrogen and oxygen atoms in total. The fraction of sp³-hybridized carbons (Fsp3) is 0.227. The van der Waals surface area contributed by atoms with E-state index in [1.807, 2.05) is 0 Å². The molecule has 1 fully saturated rings. The van der Waals surface area contributed by atoms with Crippen LogP contribution in [0.15, 0.2) is 54.7 Å². The number of nitrogens with zero attached hydrogens (tertiary/aromatic N) is 3. The van der Waals surface area contributed by atoms with E-state index in [1.165, 1.54) is 36.4 Å². The van der Waals surface area contributed by atoms with Crippen LogP contribution in [0.1, 0.15) is 41.4 Å². The molecule has 0 spiro atoms. The largest absolute Gasteiger partial charge is 0.368 e. The lowest BCUT2D eigenvalue weighted by molar-refractivity contribution is 0.0607. The fourth-order valence-corrected chi connectivity index (χ4v) is 3.76. The summed E-state index contributed by atoms with van der Waals surface area (Å²) >= 11 is 0. The molecule has 0 saturated carbocycles. The number of nitrogen functional groups attached to an aromatic ring is 1. The van der Waals surface area contributed by atoms with Gasteiger partial charge >= 0.3 is 0 Å². The van der Waals surface area contributed by atoms with E-state index >= 15 is 0 Å². The van der Waals surface area contributed by atoms with Crippen LogP contribution in [0.25, 0.3) is 11.1 Å². The number of hydrogen-bond donors (Lipinski definition) is 1. The summed E-state index contributed by atoms with van der Waals surface area (Å²) < 4.78 is 27.1. The average Bonchev–Trinajstić information content (AvgIpc) is 2.74. The van der Waals surface area contributed by atoms with Crippen LogP contribution in [0.4, 0.5) is 14.7 Å². The Morgan fingerprint density at radius 1 is 1.07 bits per heavy atom. The first-order chi connectivity index (χ1) is 14.0. The molecule has 1 aliphatic heterocycles. The van der Waals surface area contributed by atoms with Crippen molar-refractivity contribution in [3.8, 4) is 11.1 Å². The molecule has 0 bridgehead atoms. The Morgan fingerprint density at radius 3 is 2.62 bits per heavy atom. The zero-order valence-corrected chi connectivity index (χ0v) is 15.7. The Kier molecular flexibility index (Phi) is 5.20. The monoisotopic (exact) mass is 394 g/mol. The molecule has 148 valence electrons. The van der Waals surface area contributed by atoms with E-state index in [0.717, 1.165) is 12.8 Å². The third-order valence-corrected chi connectivity index (χ3v) is 5.14.